The maximum atomic E-state index is 13.0. The number of aromatic amines is 1. The molecule has 2 aliphatic heterocycles. The van der Waals surface area contributed by atoms with Crippen molar-refractivity contribution in [2.45, 2.75) is 31.7 Å². The van der Waals surface area contributed by atoms with E-state index in [4.69, 9.17) is 10.5 Å². The van der Waals surface area contributed by atoms with Crippen molar-refractivity contribution >= 4 is 45.9 Å². The molecule has 0 radical (unpaired) electrons. The van der Waals surface area contributed by atoms with Crippen LogP contribution >= 0.6 is 11.3 Å². The molecule has 0 spiro atoms. The Balaban J connectivity index is 1.30. The fourth-order valence-corrected chi connectivity index (χ4v) is 6.68. The molecule has 13 heteroatoms. The van der Waals surface area contributed by atoms with Gasteiger partial charge < -0.3 is 41.6 Å². The third kappa shape index (κ3) is 5.21. The molecule has 5 heterocycles. The van der Waals surface area contributed by atoms with E-state index in [1.165, 1.54) is 6.07 Å². The minimum Gasteiger partial charge on any atom is -0.488 e. The first-order valence-corrected chi connectivity index (χ1v) is 15.1. The Kier molecular flexibility index (Phi) is 7.12. The molecule has 1 fully saturated rings. The Morgan fingerprint density at radius 3 is 2.80 bits per heavy atom. The molecule has 5 aromatic rings. The van der Waals surface area contributed by atoms with E-state index in [1.54, 1.807) is 41.7 Å². The Morgan fingerprint density at radius 1 is 1.09 bits per heavy atom. The molecule has 8 N–H and O–H groups in total. The Hall–Kier alpha value is -4.98. The molecular weight excluding hydrogens is 582 g/mol. The summed E-state index contributed by atoms with van der Waals surface area (Å²) in [4.78, 5) is 38.0. The largest absolute Gasteiger partial charge is 0.488 e. The summed E-state index contributed by atoms with van der Waals surface area (Å²) < 4.78 is 6.06. The van der Waals surface area contributed by atoms with Gasteiger partial charge in [0, 0.05) is 45.4 Å². The van der Waals surface area contributed by atoms with Gasteiger partial charge in [-0.3, -0.25) is 4.79 Å². The Morgan fingerprint density at radius 2 is 1.98 bits per heavy atom. The fraction of sp³-hybridized carbons (Fsp3) is 0.226. The number of carboxylic acid groups (broad SMARTS) is 1. The first-order valence-electron chi connectivity index (χ1n) is 14.2. The number of carboxylic acids is 1. The van der Waals surface area contributed by atoms with E-state index in [0.29, 0.717) is 46.7 Å². The number of H-pyrrole nitrogens is 1. The molecule has 1 amide bonds. The van der Waals surface area contributed by atoms with E-state index >= 15 is 0 Å². The second-order valence-electron chi connectivity index (χ2n) is 10.8. The number of imidazole rings is 1. The van der Waals surface area contributed by atoms with Gasteiger partial charge >= 0.3 is 5.97 Å². The molecule has 224 valence electrons. The second kappa shape index (κ2) is 11.3. The smallest absolute Gasteiger partial charge is 0.355 e. The standard InChI is InChI=1S/C31H29N7O5S/c32-31-37-22-5-3-16(10-24(22)38-31)34-28(39)20-11-21-25(43-14-15-7-9-44-27(15)21)12-19(20)18-4-6-23(36-26(18)30(41)42)29(40)35-17-2-1-8-33-13-17/h3-7,9-12,17,28,33-34,39H,1-2,8,13-14H2,(H,35,40)(H,41,42)(H3,32,37,38)/t17-,28?/m1/s1. The number of aliphatic hydroxyl groups is 1. The summed E-state index contributed by atoms with van der Waals surface area (Å²) in [5.41, 5.74) is 10.3. The Bertz CT molecular complexity index is 1910. The highest BCUT2D eigenvalue weighted by molar-refractivity contribution is 7.13. The average molecular weight is 612 g/mol. The number of aromatic carboxylic acids is 1. The van der Waals surface area contributed by atoms with Crippen molar-refractivity contribution in [3.05, 3.63) is 76.4 Å². The molecule has 44 heavy (non-hydrogen) atoms. The van der Waals surface area contributed by atoms with Crippen LogP contribution in [0.4, 0.5) is 11.6 Å². The van der Waals surface area contributed by atoms with Crippen LogP contribution < -0.4 is 26.4 Å². The van der Waals surface area contributed by atoms with Crippen LogP contribution in [0.1, 0.15) is 51.2 Å². The summed E-state index contributed by atoms with van der Waals surface area (Å²) >= 11 is 1.56. The van der Waals surface area contributed by atoms with Crippen LogP contribution in [0, 0.1) is 0 Å². The quantitative estimate of drug-likeness (QED) is 0.132. The normalized spacial score (nSPS) is 16.4. The van der Waals surface area contributed by atoms with Crippen molar-refractivity contribution in [3.8, 4) is 27.3 Å². The van der Waals surface area contributed by atoms with Gasteiger partial charge in [-0.25, -0.2) is 14.8 Å². The lowest BCUT2D eigenvalue weighted by Gasteiger charge is -2.25. The zero-order valence-corrected chi connectivity index (χ0v) is 24.2. The number of nitrogens with one attached hydrogen (secondary N) is 4. The van der Waals surface area contributed by atoms with Gasteiger partial charge in [-0.1, -0.05) is 0 Å². The van der Waals surface area contributed by atoms with Crippen molar-refractivity contribution in [3.63, 3.8) is 0 Å². The topological polar surface area (TPSA) is 188 Å². The summed E-state index contributed by atoms with van der Waals surface area (Å²) in [6.07, 6.45) is 0.508. The van der Waals surface area contributed by atoms with Crippen LogP contribution in [-0.4, -0.2) is 56.2 Å². The number of amides is 1. The molecule has 0 bridgehead atoms. The molecule has 1 unspecified atom stereocenters. The van der Waals surface area contributed by atoms with Crippen molar-refractivity contribution in [1.82, 2.24) is 25.6 Å². The van der Waals surface area contributed by atoms with Crippen molar-refractivity contribution in [2.75, 3.05) is 24.1 Å². The van der Waals surface area contributed by atoms with E-state index in [2.05, 4.69) is 30.9 Å². The highest BCUT2D eigenvalue weighted by Crippen LogP contribution is 2.46. The summed E-state index contributed by atoms with van der Waals surface area (Å²) in [7, 11) is 0. The van der Waals surface area contributed by atoms with Gasteiger partial charge in [-0.15, -0.1) is 11.3 Å². The number of carbonyl (C=O) groups is 2. The van der Waals surface area contributed by atoms with E-state index in [1.807, 2.05) is 17.5 Å². The predicted octanol–water partition coefficient (Wildman–Crippen LogP) is 4.11. The van der Waals surface area contributed by atoms with Crippen LogP contribution in [0.2, 0.25) is 0 Å². The fourth-order valence-electron chi connectivity index (χ4n) is 5.75. The highest BCUT2D eigenvalue weighted by Gasteiger charge is 2.28. The van der Waals surface area contributed by atoms with E-state index in [0.717, 1.165) is 35.4 Å². The number of aliphatic hydroxyl groups excluding tert-OH is 1. The SMILES string of the molecule is Nc1nc2ccc(NC(O)c3cc4c(cc3-c3ccc(C(=O)N[C@@H]5CCCNC5)nc3C(=O)O)OCc3ccsc3-4)cc2[nH]1. The lowest BCUT2D eigenvalue weighted by molar-refractivity contribution is 0.0691. The summed E-state index contributed by atoms with van der Waals surface area (Å²) in [5.74, 6) is -0.904. The number of nitrogens with zero attached hydrogens (tertiary/aromatic N) is 2. The van der Waals surface area contributed by atoms with Gasteiger partial charge in [0.15, 0.2) is 17.9 Å². The Labute approximate surface area is 255 Å². The van der Waals surface area contributed by atoms with Gasteiger partial charge in [-0.2, -0.15) is 0 Å². The molecule has 1 saturated heterocycles. The van der Waals surface area contributed by atoms with Gasteiger partial charge in [0.1, 0.15) is 18.1 Å². The first kappa shape index (κ1) is 27.8. The zero-order valence-electron chi connectivity index (χ0n) is 23.4. The zero-order chi connectivity index (χ0) is 30.4. The summed E-state index contributed by atoms with van der Waals surface area (Å²) in [6, 6.07) is 13.9. The van der Waals surface area contributed by atoms with Crippen LogP contribution in [0.15, 0.2) is 53.9 Å². The number of piperidine rings is 1. The molecule has 2 aliphatic rings. The van der Waals surface area contributed by atoms with Crippen LogP contribution in [0.25, 0.3) is 32.6 Å². The lowest BCUT2D eigenvalue weighted by atomic mass is 9.92. The number of fused-ring (bicyclic) bond motifs is 4. The number of nitrogens with two attached hydrogens (primary N) is 1. The molecule has 2 atom stereocenters. The number of ether oxygens (including phenoxy) is 1. The monoisotopic (exact) mass is 611 g/mol. The summed E-state index contributed by atoms with van der Waals surface area (Å²) in [6.45, 7) is 1.92. The molecule has 7 rings (SSSR count). The number of rotatable bonds is 7. The van der Waals surface area contributed by atoms with Crippen LogP contribution in [0.3, 0.4) is 0 Å². The molecule has 2 aromatic carbocycles. The molecule has 3 aromatic heterocycles. The van der Waals surface area contributed by atoms with E-state index in [-0.39, 0.29) is 28.9 Å². The molecule has 12 nitrogen and oxygen atoms in total. The number of thiophene rings is 1. The third-order valence-electron chi connectivity index (χ3n) is 7.88. The lowest BCUT2D eigenvalue weighted by Crippen LogP contribution is -2.45. The number of hydrogen-bond donors (Lipinski definition) is 7. The van der Waals surface area contributed by atoms with E-state index in [9.17, 15) is 19.8 Å². The number of aromatic nitrogens is 3. The number of hydrogen-bond acceptors (Lipinski definition) is 10. The van der Waals surface area contributed by atoms with Crippen LogP contribution in [-0.2, 0) is 6.61 Å². The van der Waals surface area contributed by atoms with Crippen molar-refractivity contribution < 1.29 is 24.5 Å². The summed E-state index contributed by atoms with van der Waals surface area (Å²) in [5, 5.41) is 33.1. The van der Waals surface area contributed by atoms with Crippen LogP contribution in [0.5, 0.6) is 5.75 Å². The van der Waals surface area contributed by atoms with Gasteiger partial charge in [0.2, 0.25) is 0 Å². The van der Waals surface area contributed by atoms with Gasteiger partial charge in [0.05, 0.1) is 11.0 Å². The maximum Gasteiger partial charge on any atom is 0.355 e. The average Bonchev–Trinajstić information content (AvgIpc) is 3.66. The second-order valence-corrected chi connectivity index (χ2v) is 11.7. The predicted molar refractivity (Wildman–Crippen MR) is 167 cm³/mol. The van der Waals surface area contributed by atoms with Gasteiger partial charge in [0.25, 0.3) is 5.91 Å². The number of pyridine rings is 1. The molecule has 0 saturated carbocycles. The minimum absolute atomic E-state index is 0.00140. The molecular formula is C31H29N7O5S. The molecule has 0 aliphatic carbocycles. The van der Waals surface area contributed by atoms with E-state index < -0.39 is 18.1 Å². The number of benzene rings is 2. The first-order chi connectivity index (χ1) is 21.3. The number of nitrogen functional groups attached to an aromatic ring is 1. The highest BCUT2D eigenvalue weighted by atomic mass is 32.1. The number of carbonyl (C=O) groups excluding carboxylic acids is 1. The minimum atomic E-state index is -1.30. The maximum absolute atomic E-state index is 13.0. The third-order valence-corrected chi connectivity index (χ3v) is 8.87. The number of anilines is 2. The van der Waals surface area contributed by atoms with Crippen molar-refractivity contribution in [1.29, 1.82) is 0 Å². The van der Waals surface area contributed by atoms with Gasteiger partial charge in [-0.05, 0) is 78.9 Å². The van der Waals surface area contributed by atoms with Crippen molar-refractivity contribution in [2.24, 2.45) is 0 Å².